The fourth-order valence-electron chi connectivity index (χ4n) is 0.979. The van der Waals surface area contributed by atoms with Crippen molar-refractivity contribution in [3.05, 3.63) is 23.2 Å². The molecule has 2 amide bonds. The zero-order valence-corrected chi connectivity index (χ0v) is 10.4. The number of halogens is 1. The number of hydrogen-bond acceptors (Lipinski definition) is 2. The van der Waals surface area contributed by atoms with E-state index in [1.165, 1.54) is 4.90 Å². The van der Waals surface area contributed by atoms with E-state index in [0.717, 1.165) is 4.90 Å². The molecule has 0 aliphatic heterocycles. The Bertz CT molecular complexity index is 368. The minimum absolute atomic E-state index is 0.164. The number of carbonyl (C=O) groups excluding carboxylic acids is 1. The number of hydrogen-bond donors (Lipinski definition) is 1. The molecule has 0 radical (unpaired) electrons. The van der Waals surface area contributed by atoms with Crippen LogP contribution in [0.15, 0.2) is 23.1 Å². The van der Waals surface area contributed by atoms with Gasteiger partial charge in [0, 0.05) is 24.7 Å². The van der Waals surface area contributed by atoms with E-state index in [2.05, 4.69) is 5.32 Å². The molecule has 1 rings (SSSR count). The zero-order chi connectivity index (χ0) is 11.4. The molecule has 0 bridgehead atoms. The molecule has 0 aliphatic rings. The van der Waals surface area contributed by atoms with Crippen molar-refractivity contribution in [3.63, 3.8) is 0 Å². The molecule has 0 unspecified atom stereocenters. The van der Waals surface area contributed by atoms with E-state index >= 15 is 0 Å². The maximum absolute atomic E-state index is 11.3. The van der Waals surface area contributed by atoms with Crippen LogP contribution in [0.4, 0.5) is 10.5 Å². The van der Waals surface area contributed by atoms with E-state index in [-0.39, 0.29) is 6.03 Å². The highest BCUT2D eigenvalue weighted by Crippen LogP contribution is 2.27. The summed E-state index contributed by atoms with van der Waals surface area (Å²) in [6.07, 6.45) is 1.96. The molecular formula is C10H13ClN2OS. The number of nitrogens with zero attached hydrogens (tertiary/aromatic N) is 1. The first kappa shape index (κ1) is 12.2. The first-order valence-corrected chi connectivity index (χ1v) is 5.96. The van der Waals surface area contributed by atoms with E-state index in [0.29, 0.717) is 10.7 Å². The lowest BCUT2D eigenvalue weighted by Gasteiger charge is -2.12. The van der Waals surface area contributed by atoms with Crippen molar-refractivity contribution >= 4 is 35.1 Å². The van der Waals surface area contributed by atoms with Crippen LogP contribution in [0.1, 0.15) is 0 Å². The average molecular weight is 245 g/mol. The van der Waals surface area contributed by atoms with Gasteiger partial charge in [-0.3, -0.25) is 0 Å². The van der Waals surface area contributed by atoms with Crippen molar-refractivity contribution in [2.75, 3.05) is 25.7 Å². The Morgan fingerprint density at radius 1 is 1.47 bits per heavy atom. The minimum Gasteiger partial charge on any atom is -0.331 e. The van der Waals surface area contributed by atoms with Crippen LogP contribution in [0.25, 0.3) is 0 Å². The molecule has 0 saturated heterocycles. The fourth-order valence-corrected chi connectivity index (χ4v) is 1.85. The largest absolute Gasteiger partial charge is 0.331 e. The van der Waals surface area contributed by atoms with Crippen molar-refractivity contribution in [1.82, 2.24) is 4.90 Å². The van der Waals surface area contributed by atoms with Gasteiger partial charge in [0.05, 0.1) is 5.02 Å². The van der Waals surface area contributed by atoms with Crippen molar-refractivity contribution in [2.24, 2.45) is 0 Å². The van der Waals surface area contributed by atoms with E-state index in [4.69, 9.17) is 11.6 Å². The summed E-state index contributed by atoms with van der Waals surface area (Å²) >= 11 is 7.58. The lowest BCUT2D eigenvalue weighted by molar-refractivity contribution is 0.230. The molecule has 0 atom stereocenters. The molecule has 0 spiro atoms. The molecule has 5 heteroatoms. The normalized spacial score (nSPS) is 9.87. The van der Waals surface area contributed by atoms with E-state index in [1.54, 1.807) is 31.9 Å². The molecule has 0 heterocycles. The summed E-state index contributed by atoms with van der Waals surface area (Å²) in [6, 6.07) is 5.30. The topological polar surface area (TPSA) is 32.3 Å². The third-order valence-corrected chi connectivity index (χ3v) is 3.03. The Morgan fingerprint density at radius 3 is 2.60 bits per heavy atom. The monoisotopic (exact) mass is 244 g/mol. The Morgan fingerprint density at radius 2 is 2.13 bits per heavy atom. The molecule has 1 aromatic rings. The van der Waals surface area contributed by atoms with Gasteiger partial charge in [-0.05, 0) is 24.5 Å². The summed E-state index contributed by atoms with van der Waals surface area (Å²) in [5, 5.41) is 3.38. The number of thioether (sulfide) groups is 1. The number of carbonyl (C=O) groups is 1. The number of urea groups is 1. The van der Waals surface area contributed by atoms with Gasteiger partial charge in [-0.1, -0.05) is 11.6 Å². The standard InChI is InChI=1S/C10H13ClN2OS/c1-13(2)10(14)12-7-4-5-9(15-3)8(11)6-7/h4-6H,1-3H3,(H,12,14). The number of amides is 2. The lowest BCUT2D eigenvalue weighted by atomic mass is 10.3. The Balaban J connectivity index is 2.80. The predicted octanol–water partition coefficient (Wildman–Crippen LogP) is 3.16. The summed E-state index contributed by atoms with van der Waals surface area (Å²) in [6.45, 7) is 0. The molecular weight excluding hydrogens is 232 g/mol. The number of nitrogens with one attached hydrogen (secondary N) is 1. The third-order valence-electron chi connectivity index (χ3n) is 1.81. The van der Waals surface area contributed by atoms with Gasteiger partial charge in [0.1, 0.15) is 0 Å². The molecule has 3 nitrogen and oxygen atoms in total. The van der Waals surface area contributed by atoms with Crippen LogP contribution in [0, 0.1) is 0 Å². The summed E-state index contributed by atoms with van der Waals surface area (Å²) in [4.78, 5) is 13.8. The smallest absolute Gasteiger partial charge is 0.321 e. The van der Waals surface area contributed by atoms with Gasteiger partial charge in [-0.25, -0.2) is 4.79 Å². The van der Waals surface area contributed by atoms with Gasteiger partial charge < -0.3 is 10.2 Å². The number of rotatable bonds is 2. The first-order chi connectivity index (χ1) is 7.04. The van der Waals surface area contributed by atoms with Gasteiger partial charge in [0.15, 0.2) is 0 Å². The highest BCUT2D eigenvalue weighted by Gasteiger charge is 2.05. The van der Waals surface area contributed by atoms with Crippen LogP contribution in [0.2, 0.25) is 5.02 Å². The van der Waals surface area contributed by atoms with Gasteiger partial charge in [-0.2, -0.15) is 0 Å². The highest BCUT2D eigenvalue weighted by molar-refractivity contribution is 7.98. The quantitative estimate of drug-likeness (QED) is 0.811. The van der Waals surface area contributed by atoms with Crippen LogP contribution >= 0.6 is 23.4 Å². The van der Waals surface area contributed by atoms with Crippen molar-refractivity contribution in [3.8, 4) is 0 Å². The zero-order valence-electron chi connectivity index (χ0n) is 8.87. The predicted molar refractivity (Wildman–Crippen MR) is 65.9 cm³/mol. The summed E-state index contributed by atoms with van der Waals surface area (Å²) in [5.41, 5.74) is 0.705. The second-order valence-corrected chi connectivity index (χ2v) is 4.43. The van der Waals surface area contributed by atoms with Gasteiger partial charge in [0.2, 0.25) is 0 Å². The van der Waals surface area contributed by atoms with E-state index < -0.39 is 0 Å². The summed E-state index contributed by atoms with van der Waals surface area (Å²) < 4.78 is 0. The van der Waals surface area contributed by atoms with Gasteiger partial charge in [-0.15, -0.1) is 11.8 Å². The number of anilines is 1. The summed E-state index contributed by atoms with van der Waals surface area (Å²) in [5.74, 6) is 0. The summed E-state index contributed by atoms with van der Waals surface area (Å²) in [7, 11) is 3.38. The molecule has 15 heavy (non-hydrogen) atoms. The van der Waals surface area contributed by atoms with Crippen molar-refractivity contribution in [2.45, 2.75) is 4.90 Å². The fraction of sp³-hybridized carbons (Fsp3) is 0.300. The van der Waals surface area contributed by atoms with Crippen molar-refractivity contribution in [1.29, 1.82) is 0 Å². The van der Waals surface area contributed by atoms with Crippen LogP contribution < -0.4 is 5.32 Å². The maximum atomic E-state index is 11.3. The first-order valence-electron chi connectivity index (χ1n) is 4.36. The minimum atomic E-state index is -0.164. The average Bonchev–Trinajstić information content (AvgIpc) is 2.18. The number of benzene rings is 1. The Kier molecular flexibility index (Phi) is 4.29. The van der Waals surface area contributed by atoms with Crippen LogP contribution in [0.3, 0.4) is 0 Å². The van der Waals surface area contributed by atoms with Gasteiger partial charge in [0.25, 0.3) is 0 Å². The second kappa shape index (κ2) is 5.28. The molecule has 1 aromatic carbocycles. The second-order valence-electron chi connectivity index (χ2n) is 3.17. The Labute approximate surface area is 98.8 Å². The van der Waals surface area contributed by atoms with Crippen LogP contribution in [-0.2, 0) is 0 Å². The molecule has 0 fully saturated rings. The highest BCUT2D eigenvalue weighted by atomic mass is 35.5. The molecule has 0 aromatic heterocycles. The SMILES string of the molecule is CSc1ccc(NC(=O)N(C)C)cc1Cl. The molecule has 0 saturated carbocycles. The van der Waals surface area contributed by atoms with E-state index in [9.17, 15) is 4.79 Å². The van der Waals surface area contributed by atoms with Crippen LogP contribution in [-0.4, -0.2) is 31.3 Å². The van der Waals surface area contributed by atoms with Gasteiger partial charge >= 0.3 is 6.03 Å². The third kappa shape index (κ3) is 3.32. The molecule has 82 valence electrons. The molecule has 0 aliphatic carbocycles. The maximum Gasteiger partial charge on any atom is 0.321 e. The van der Waals surface area contributed by atoms with Crippen LogP contribution in [0.5, 0.6) is 0 Å². The van der Waals surface area contributed by atoms with Crippen molar-refractivity contribution < 1.29 is 4.79 Å². The molecule has 1 N–H and O–H groups in total. The van der Waals surface area contributed by atoms with E-state index in [1.807, 2.05) is 18.4 Å². The Hall–Kier alpha value is -0.870. The lowest BCUT2D eigenvalue weighted by Crippen LogP contribution is -2.27.